The van der Waals surface area contributed by atoms with Crippen LogP contribution in [0, 0.1) is 0 Å². The second kappa shape index (κ2) is 8.95. The third kappa shape index (κ3) is 4.60. The maximum atomic E-state index is 12.9. The SMILES string of the molecule is CN(Cc1ccc(-c2ccccc2)cc1)C(=O)c1cccc(CN2CCCC2=O)c1. The number of carbonyl (C=O) groups is 2. The van der Waals surface area contributed by atoms with Gasteiger partial charge in [-0.05, 0) is 40.8 Å². The highest BCUT2D eigenvalue weighted by Crippen LogP contribution is 2.20. The van der Waals surface area contributed by atoms with Crippen LogP contribution in [0.3, 0.4) is 0 Å². The van der Waals surface area contributed by atoms with Crippen LogP contribution in [0.25, 0.3) is 11.1 Å². The van der Waals surface area contributed by atoms with Gasteiger partial charge in [0.05, 0.1) is 0 Å². The van der Waals surface area contributed by atoms with Crippen LogP contribution < -0.4 is 0 Å². The Labute approximate surface area is 177 Å². The van der Waals surface area contributed by atoms with E-state index in [0.717, 1.165) is 29.7 Å². The first kappa shape index (κ1) is 19.9. The number of rotatable bonds is 6. The molecule has 0 aromatic heterocycles. The van der Waals surface area contributed by atoms with Crippen molar-refractivity contribution in [2.75, 3.05) is 13.6 Å². The van der Waals surface area contributed by atoms with Crippen LogP contribution in [-0.4, -0.2) is 35.2 Å². The highest BCUT2D eigenvalue weighted by atomic mass is 16.2. The second-order valence-corrected chi connectivity index (χ2v) is 7.84. The van der Waals surface area contributed by atoms with E-state index in [2.05, 4.69) is 36.4 Å². The van der Waals surface area contributed by atoms with Gasteiger partial charge in [-0.15, -0.1) is 0 Å². The van der Waals surface area contributed by atoms with Gasteiger partial charge in [0.2, 0.25) is 5.91 Å². The first-order valence-electron chi connectivity index (χ1n) is 10.4. The van der Waals surface area contributed by atoms with Crippen LogP contribution in [0.2, 0.25) is 0 Å². The Morgan fingerprint density at radius 3 is 2.33 bits per heavy atom. The van der Waals surface area contributed by atoms with Crippen molar-refractivity contribution in [3.63, 3.8) is 0 Å². The van der Waals surface area contributed by atoms with E-state index in [1.807, 2.05) is 54.4 Å². The fourth-order valence-corrected chi connectivity index (χ4v) is 3.89. The van der Waals surface area contributed by atoms with E-state index in [1.54, 1.807) is 4.90 Å². The molecule has 1 fully saturated rings. The molecule has 1 aliphatic heterocycles. The van der Waals surface area contributed by atoms with E-state index in [9.17, 15) is 9.59 Å². The molecule has 4 nitrogen and oxygen atoms in total. The molecule has 4 heteroatoms. The van der Waals surface area contributed by atoms with Crippen molar-refractivity contribution in [1.29, 1.82) is 0 Å². The van der Waals surface area contributed by atoms with Gasteiger partial charge in [-0.25, -0.2) is 0 Å². The normalized spacial score (nSPS) is 13.5. The third-order valence-corrected chi connectivity index (χ3v) is 5.55. The largest absolute Gasteiger partial charge is 0.338 e. The zero-order chi connectivity index (χ0) is 20.9. The van der Waals surface area contributed by atoms with Crippen LogP contribution in [0.1, 0.15) is 34.3 Å². The third-order valence-electron chi connectivity index (χ3n) is 5.55. The Morgan fingerprint density at radius 2 is 1.63 bits per heavy atom. The summed E-state index contributed by atoms with van der Waals surface area (Å²) >= 11 is 0. The zero-order valence-corrected chi connectivity index (χ0v) is 17.3. The minimum Gasteiger partial charge on any atom is -0.338 e. The number of amides is 2. The number of nitrogens with zero attached hydrogens (tertiary/aromatic N) is 2. The summed E-state index contributed by atoms with van der Waals surface area (Å²) in [5.74, 6) is 0.180. The first-order valence-corrected chi connectivity index (χ1v) is 10.4. The lowest BCUT2D eigenvalue weighted by Gasteiger charge is -2.19. The fraction of sp³-hybridized carbons (Fsp3) is 0.231. The van der Waals surface area contributed by atoms with Gasteiger partial charge in [0.15, 0.2) is 0 Å². The van der Waals surface area contributed by atoms with E-state index in [4.69, 9.17) is 0 Å². The number of likely N-dealkylation sites (tertiary alicyclic amines) is 1. The molecule has 0 saturated carbocycles. The smallest absolute Gasteiger partial charge is 0.253 e. The first-order chi connectivity index (χ1) is 14.6. The molecule has 0 bridgehead atoms. The predicted molar refractivity (Wildman–Crippen MR) is 119 cm³/mol. The van der Waals surface area contributed by atoms with E-state index < -0.39 is 0 Å². The van der Waals surface area contributed by atoms with Gasteiger partial charge in [-0.3, -0.25) is 9.59 Å². The molecule has 0 aliphatic carbocycles. The quantitative estimate of drug-likeness (QED) is 0.601. The Hall–Kier alpha value is -3.40. The molecule has 4 rings (SSSR count). The van der Waals surface area contributed by atoms with Crippen LogP contribution in [0.15, 0.2) is 78.9 Å². The summed E-state index contributed by atoms with van der Waals surface area (Å²) < 4.78 is 0. The highest BCUT2D eigenvalue weighted by Gasteiger charge is 2.20. The van der Waals surface area contributed by atoms with Gasteiger partial charge >= 0.3 is 0 Å². The Bertz CT molecular complexity index is 1030. The molecular weight excluding hydrogens is 372 g/mol. The Balaban J connectivity index is 1.41. The molecular formula is C26H26N2O2. The molecule has 1 aliphatic rings. The second-order valence-electron chi connectivity index (χ2n) is 7.84. The summed E-state index contributed by atoms with van der Waals surface area (Å²) in [7, 11) is 1.82. The van der Waals surface area contributed by atoms with Crippen molar-refractivity contribution in [1.82, 2.24) is 9.80 Å². The van der Waals surface area contributed by atoms with Crippen molar-refractivity contribution in [3.8, 4) is 11.1 Å². The molecule has 0 atom stereocenters. The zero-order valence-electron chi connectivity index (χ0n) is 17.3. The van der Waals surface area contributed by atoms with E-state index in [-0.39, 0.29) is 11.8 Å². The standard InChI is InChI=1S/C26H26N2O2/c1-27(18-20-12-14-23(15-13-20)22-8-3-2-4-9-22)26(30)24-10-5-7-21(17-24)19-28-16-6-11-25(28)29/h2-5,7-10,12-15,17H,6,11,16,18-19H2,1H3. The summed E-state index contributed by atoms with van der Waals surface area (Å²) in [4.78, 5) is 28.4. The molecule has 2 amide bonds. The maximum Gasteiger partial charge on any atom is 0.253 e. The summed E-state index contributed by atoms with van der Waals surface area (Å²) in [6.45, 7) is 1.92. The highest BCUT2D eigenvalue weighted by molar-refractivity contribution is 5.94. The monoisotopic (exact) mass is 398 g/mol. The van der Waals surface area contributed by atoms with Crippen LogP contribution in [-0.2, 0) is 17.9 Å². The van der Waals surface area contributed by atoms with Crippen LogP contribution >= 0.6 is 0 Å². The van der Waals surface area contributed by atoms with Gasteiger partial charge in [0, 0.05) is 38.7 Å². The number of hydrogen-bond donors (Lipinski definition) is 0. The Morgan fingerprint density at radius 1 is 0.900 bits per heavy atom. The fourth-order valence-electron chi connectivity index (χ4n) is 3.89. The van der Waals surface area contributed by atoms with E-state index in [1.165, 1.54) is 5.56 Å². The van der Waals surface area contributed by atoms with E-state index >= 15 is 0 Å². The summed E-state index contributed by atoms with van der Waals surface area (Å²) in [5, 5.41) is 0. The molecule has 3 aromatic carbocycles. The predicted octanol–water partition coefficient (Wildman–Crippen LogP) is 4.75. The van der Waals surface area contributed by atoms with E-state index in [0.29, 0.717) is 25.1 Å². The average molecular weight is 399 g/mol. The number of benzene rings is 3. The molecule has 30 heavy (non-hydrogen) atoms. The van der Waals surface area contributed by atoms with Crippen LogP contribution in [0.4, 0.5) is 0 Å². The lowest BCUT2D eigenvalue weighted by Crippen LogP contribution is -2.27. The van der Waals surface area contributed by atoms with Crippen molar-refractivity contribution in [2.24, 2.45) is 0 Å². The number of hydrogen-bond acceptors (Lipinski definition) is 2. The molecule has 3 aromatic rings. The summed E-state index contributed by atoms with van der Waals surface area (Å²) in [6, 6.07) is 26.2. The molecule has 0 spiro atoms. The van der Waals surface area contributed by atoms with Crippen molar-refractivity contribution in [3.05, 3.63) is 95.6 Å². The minimum atomic E-state index is -0.0169. The summed E-state index contributed by atoms with van der Waals surface area (Å²) in [6.07, 6.45) is 1.55. The van der Waals surface area contributed by atoms with Crippen molar-refractivity contribution in [2.45, 2.75) is 25.9 Å². The topological polar surface area (TPSA) is 40.6 Å². The molecule has 0 unspecified atom stereocenters. The minimum absolute atomic E-state index is 0.0169. The maximum absolute atomic E-state index is 12.9. The van der Waals surface area contributed by atoms with Gasteiger partial charge in [-0.1, -0.05) is 66.7 Å². The molecule has 152 valence electrons. The number of carbonyl (C=O) groups excluding carboxylic acids is 2. The molecule has 0 N–H and O–H groups in total. The van der Waals surface area contributed by atoms with Crippen molar-refractivity contribution < 1.29 is 9.59 Å². The van der Waals surface area contributed by atoms with Gasteiger partial charge < -0.3 is 9.80 Å². The van der Waals surface area contributed by atoms with Gasteiger partial charge in [-0.2, -0.15) is 0 Å². The van der Waals surface area contributed by atoms with Crippen LogP contribution in [0.5, 0.6) is 0 Å². The Kier molecular flexibility index (Phi) is 5.94. The molecule has 1 saturated heterocycles. The summed E-state index contributed by atoms with van der Waals surface area (Å²) in [5.41, 5.74) is 5.09. The lowest BCUT2D eigenvalue weighted by molar-refractivity contribution is -0.128. The van der Waals surface area contributed by atoms with Gasteiger partial charge in [0.25, 0.3) is 5.91 Å². The molecule has 0 radical (unpaired) electrons. The van der Waals surface area contributed by atoms with Crippen molar-refractivity contribution >= 4 is 11.8 Å². The van der Waals surface area contributed by atoms with Gasteiger partial charge in [0.1, 0.15) is 0 Å². The lowest BCUT2D eigenvalue weighted by atomic mass is 10.0. The molecule has 1 heterocycles. The average Bonchev–Trinajstić information content (AvgIpc) is 3.19.